The standard InChI is InChI=1S/C14H30N2O2/c1-6-13(4,5)16-12(18)9-15-10-14(7-2,8-3)11-17/h15,17H,6-11H2,1-5H3,(H,16,18). The van der Waals surface area contributed by atoms with Crippen LogP contribution in [0, 0.1) is 5.41 Å². The van der Waals surface area contributed by atoms with Crippen molar-refractivity contribution in [3.05, 3.63) is 0 Å². The van der Waals surface area contributed by atoms with Crippen molar-refractivity contribution in [1.29, 1.82) is 0 Å². The van der Waals surface area contributed by atoms with E-state index < -0.39 is 0 Å². The van der Waals surface area contributed by atoms with Gasteiger partial charge in [0.15, 0.2) is 0 Å². The number of carbonyl (C=O) groups is 1. The zero-order chi connectivity index (χ0) is 14.2. The van der Waals surface area contributed by atoms with Gasteiger partial charge in [0.25, 0.3) is 0 Å². The molecule has 0 heterocycles. The van der Waals surface area contributed by atoms with Gasteiger partial charge in [-0.1, -0.05) is 20.8 Å². The Bertz CT molecular complexity index is 240. The van der Waals surface area contributed by atoms with Gasteiger partial charge in [-0.05, 0) is 33.1 Å². The molecule has 0 aliphatic carbocycles. The molecule has 0 aliphatic heterocycles. The number of aliphatic hydroxyl groups excluding tert-OH is 1. The lowest BCUT2D eigenvalue weighted by molar-refractivity contribution is -0.122. The second kappa shape index (κ2) is 7.74. The summed E-state index contributed by atoms with van der Waals surface area (Å²) in [7, 11) is 0. The molecule has 0 atom stereocenters. The van der Waals surface area contributed by atoms with Gasteiger partial charge in [0.2, 0.25) is 5.91 Å². The number of amides is 1. The molecule has 0 aliphatic rings. The Morgan fingerprint density at radius 1 is 1.11 bits per heavy atom. The average molecular weight is 258 g/mol. The van der Waals surface area contributed by atoms with Gasteiger partial charge in [-0.3, -0.25) is 4.79 Å². The van der Waals surface area contributed by atoms with Crippen LogP contribution in [0.1, 0.15) is 53.9 Å². The smallest absolute Gasteiger partial charge is 0.234 e. The fraction of sp³-hybridized carbons (Fsp3) is 0.929. The minimum Gasteiger partial charge on any atom is -0.396 e. The van der Waals surface area contributed by atoms with E-state index in [1.54, 1.807) is 0 Å². The monoisotopic (exact) mass is 258 g/mol. The Balaban J connectivity index is 4.08. The van der Waals surface area contributed by atoms with Crippen molar-refractivity contribution < 1.29 is 9.90 Å². The molecule has 1 amide bonds. The van der Waals surface area contributed by atoms with Gasteiger partial charge >= 0.3 is 0 Å². The SMILES string of the molecule is CCC(CC)(CO)CNCC(=O)NC(C)(C)CC. The van der Waals surface area contributed by atoms with Crippen LogP contribution in [0.3, 0.4) is 0 Å². The lowest BCUT2D eigenvalue weighted by Crippen LogP contribution is -2.48. The minimum absolute atomic E-state index is 0.0147. The molecule has 4 heteroatoms. The van der Waals surface area contributed by atoms with Crippen LogP contribution in [0.15, 0.2) is 0 Å². The molecule has 0 saturated carbocycles. The predicted molar refractivity (Wildman–Crippen MR) is 75.5 cm³/mol. The van der Waals surface area contributed by atoms with Gasteiger partial charge in [-0.2, -0.15) is 0 Å². The van der Waals surface area contributed by atoms with Crippen LogP contribution in [0.5, 0.6) is 0 Å². The lowest BCUT2D eigenvalue weighted by atomic mass is 9.83. The van der Waals surface area contributed by atoms with Crippen molar-refractivity contribution in [3.63, 3.8) is 0 Å². The molecule has 0 aromatic rings. The molecule has 0 bridgehead atoms. The van der Waals surface area contributed by atoms with Crippen LogP contribution in [0.2, 0.25) is 0 Å². The van der Waals surface area contributed by atoms with E-state index in [2.05, 4.69) is 31.4 Å². The van der Waals surface area contributed by atoms with E-state index in [1.165, 1.54) is 0 Å². The summed E-state index contributed by atoms with van der Waals surface area (Å²) >= 11 is 0. The number of aliphatic hydroxyl groups is 1. The van der Waals surface area contributed by atoms with Gasteiger partial charge in [0, 0.05) is 24.1 Å². The second-order valence-corrected chi connectivity index (χ2v) is 5.75. The Hall–Kier alpha value is -0.610. The maximum atomic E-state index is 11.7. The highest BCUT2D eigenvalue weighted by molar-refractivity contribution is 5.78. The first-order valence-electron chi connectivity index (χ1n) is 6.97. The maximum Gasteiger partial charge on any atom is 0.234 e. The number of hydrogen-bond donors (Lipinski definition) is 3. The molecular weight excluding hydrogens is 228 g/mol. The molecular formula is C14H30N2O2. The summed E-state index contributed by atoms with van der Waals surface area (Å²) in [6.07, 6.45) is 2.73. The molecule has 0 fully saturated rings. The summed E-state index contributed by atoms with van der Waals surface area (Å²) in [4.78, 5) is 11.7. The maximum absolute atomic E-state index is 11.7. The van der Waals surface area contributed by atoms with Gasteiger partial charge in [-0.15, -0.1) is 0 Å². The van der Waals surface area contributed by atoms with Crippen LogP contribution >= 0.6 is 0 Å². The lowest BCUT2D eigenvalue weighted by Gasteiger charge is -2.30. The first-order chi connectivity index (χ1) is 8.34. The number of rotatable bonds is 9. The van der Waals surface area contributed by atoms with Crippen LogP contribution < -0.4 is 10.6 Å². The van der Waals surface area contributed by atoms with E-state index in [1.807, 2.05) is 13.8 Å². The molecule has 0 aromatic carbocycles. The first kappa shape index (κ1) is 17.4. The molecule has 4 nitrogen and oxygen atoms in total. The quantitative estimate of drug-likeness (QED) is 0.589. The summed E-state index contributed by atoms with van der Waals surface area (Å²) in [5.74, 6) is 0.0147. The van der Waals surface area contributed by atoms with E-state index in [-0.39, 0.29) is 23.5 Å². The van der Waals surface area contributed by atoms with Crippen molar-refractivity contribution >= 4 is 5.91 Å². The van der Waals surface area contributed by atoms with Crippen molar-refractivity contribution in [2.75, 3.05) is 19.7 Å². The van der Waals surface area contributed by atoms with Crippen molar-refractivity contribution in [3.8, 4) is 0 Å². The zero-order valence-corrected chi connectivity index (χ0v) is 12.6. The van der Waals surface area contributed by atoms with Gasteiger partial charge in [-0.25, -0.2) is 0 Å². The Labute approximate surface area is 112 Å². The van der Waals surface area contributed by atoms with E-state index in [0.29, 0.717) is 13.1 Å². The van der Waals surface area contributed by atoms with Crippen LogP contribution in [-0.2, 0) is 4.79 Å². The second-order valence-electron chi connectivity index (χ2n) is 5.75. The largest absolute Gasteiger partial charge is 0.396 e. The van der Waals surface area contributed by atoms with Crippen LogP contribution in [0.25, 0.3) is 0 Å². The predicted octanol–water partition coefficient (Wildman–Crippen LogP) is 1.68. The summed E-state index contributed by atoms with van der Waals surface area (Å²) in [6.45, 7) is 11.4. The molecule has 0 radical (unpaired) electrons. The third-order valence-corrected chi connectivity index (χ3v) is 3.98. The van der Waals surface area contributed by atoms with Crippen molar-refractivity contribution in [2.45, 2.75) is 59.4 Å². The number of carbonyl (C=O) groups excluding carboxylic acids is 1. The molecule has 3 N–H and O–H groups in total. The van der Waals surface area contributed by atoms with E-state index in [9.17, 15) is 9.90 Å². The van der Waals surface area contributed by atoms with E-state index in [0.717, 1.165) is 19.3 Å². The fourth-order valence-corrected chi connectivity index (χ4v) is 1.73. The molecule has 108 valence electrons. The molecule has 0 saturated heterocycles. The average Bonchev–Trinajstić information content (AvgIpc) is 2.35. The Kier molecular flexibility index (Phi) is 7.48. The highest BCUT2D eigenvalue weighted by Gasteiger charge is 2.25. The van der Waals surface area contributed by atoms with Gasteiger partial charge in [0.1, 0.15) is 0 Å². The molecule has 0 spiro atoms. The Morgan fingerprint density at radius 2 is 1.67 bits per heavy atom. The third kappa shape index (κ3) is 5.83. The summed E-state index contributed by atoms with van der Waals surface area (Å²) < 4.78 is 0. The highest BCUT2D eigenvalue weighted by atomic mass is 16.3. The minimum atomic E-state index is -0.150. The number of nitrogens with one attached hydrogen (secondary N) is 2. The third-order valence-electron chi connectivity index (χ3n) is 3.98. The summed E-state index contributed by atoms with van der Waals surface area (Å²) in [5, 5.41) is 15.6. The molecule has 18 heavy (non-hydrogen) atoms. The first-order valence-corrected chi connectivity index (χ1v) is 6.97. The van der Waals surface area contributed by atoms with Gasteiger partial charge in [0.05, 0.1) is 6.54 Å². The van der Waals surface area contributed by atoms with E-state index >= 15 is 0 Å². The number of hydrogen-bond acceptors (Lipinski definition) is 3. The molecule has 0 rings (SSSR count). The summed E-state index contributed by atoms with van der Waals surface area (Å²) in [6, 6.07) is 0. The van der Waals surface area contributed by atoms with Crippen molar-refractivity contribution in [2.24, 2.45) is 5.41 Å². The fourth-order valence-electron chi connectivity index (χ4n) is 1.73. The van der Waals surface area contributed by atoms with Crippen LogP contribution in [-0.4, -0.2) is 36.2 Å². The Morgan fingerprint density at radius 3 is 2.06 bits per heavy atom. The van der Waals surface area contributed by atoms with Gasteiger partial charge < -0.3 is 15.7 Å². The molecule has 0 aromatic heterocycles. The van der Waals surface area contributed by atoms with Crippen LogP contribution in [0.4, 0.5) is 0 Å². The topological polar surface area (TPSA) is 61.4 Å². The van der Waals surface area contributed by atoms with E-state index in [4.69, 9.17) is 0 Å². The molecule has 0 unspecified atom stereocenters. The normalized spacial score (nSPS) is 12.6. The van der Waals surface area contributed by atoms with Crippen molar-refractivity contribution in [1.82, 2.24) is 10.6 Å². The zero-order valence-electron chi connectivity index (χ0n) is 12.6. The highest BCUT2D eigenvalue weighted by Crippen LogP contribution is 2.24. The summed E-state index contributed by atoms with van der Waals surface area (Å²) in [5.41, 5.74) is -0.247.